The standard InChI is InChI=1S/C12H10BrNO3/c1-2-17-11(15)6-9-8-5-7(13)3-4-10(8)14-12(9)16/h3-6H,2H2,1H3,(H,14,16)/b9-6+. The fourth-order valence-electron chi connectivity index (χ4n) is 1.61. The van der Waals surface area contributed by atoms with E-state index in [2.05, 4.69) is 21.2 Å². The predicted octanol–water partition coefficient (Wildman–Crippen LogP) is 2.35. The van der Waals surface area contributed by atoms with Gasteiger partial charge in [-0.15, -0.1) is 0 Å². The topological polar surface area (TPSA) is 55.4 Å². The zero-order valence-electron chi connectivity index (χ0n) is 9.12. The summed E-state index contributed by atoms with van der Waals surface area (Å²) >= 11 is 3.33. The number of halogens is 1. The maximum Gasteiger partial charge on any atom is 0.331 e. The van der Waals surface area contributed by atoms with Gasteiger partial charge in [0.1, 0.15) is 0 Å². The van der Waals surface area contributed by atoms with E-state index < -0.39 is 5.97 Å². The SMILES string of the molecule is CCOC(=O)/C=C1/C(=O)Nc2ccc(Br)cc21. The Kier molecular flexibility index (Phi) is 3.28. The summed E-state index contributed by atoms with van der Waals surface area (Å²) in [5.74, 6) is -0.795. The summed E-state index contributed by atoms with van der Waals surface area (Å²) in [5.41, 5.74) is 1.74. The molecule has 0 saturated heterocycles. The van der Waals surface area contributed by atoms with Crippen LogP contribution < -0.4 is 5.32 Å². The normalized spacial score (nSPS) is 15.6. The molecule has 1 heterocycles. The second-order valence-corrected chi connectivity index (χ2v) is 4.37. The van der Waals surface area contributed by atoms with Crippen molar-refractivity contribution in [1.82, 2.24) is 0 Å². The maximum absolute atomic E-state index is 11.7. The number of fused-ring (bicyclic) bond motifs is 1. The summed E-state index contributed by atoms with van der Waals surface area (Å²) in [5, 5.41) is 2.69. The van der Waals surface area contributed by atoms with Crippen molar-refractivity contribution < 1.29 is 14.3 Å². The number of hydrogen-bond acceptors (Lipinski definition) is 3. The molecule has 1 amide bonds. The van der Waals surface area contributed by atoms with Crippen molar-refractivity contribution in [3.63, 3.8) is 0 Å². The molecule has 0 radical (unpaired) electrons. The van der Waals surface area contributed by atoms with E-state index in [-0.39, 0.29) is 12.5 Å². The van der Waals surface area contributed by atoms with E-state index in [4.69, 9.17) is 4.74 Å². The molecular formula is C12H10BrNO3. The van der Waals surface area contributed by atoms with Crippen LogP contribution in [0.25, 0.3) is 5.57 Å². The highest BCUT2D eigenvalue weighted by atomic mass is 79.9. The highest BCUT2D eigenvalue weighted by Crippen LogP contribution is 2.33. The van der Waals surface area contributed by atoms with Gasteiger partial charge >= 0.3 is 5.97 Å². The average Bonchev–Trinajstić information content (AvgIpc) is 2.56. The first-order valence-corrected chi connectivity index (χ1v) is 5.91. The molecule has 0 saturated carbocycles. The minimum Gasteiger partial charge on any atom is -0.463 e. The van der Waals surface area contributed by atoms with Gasteiger partial charge < -0.3 is 10.1 Å². The van der Waals surface area contributed by atoms with E-state index >= 15 is 0 Å². The van der Waals surface area contributed by atoms with Crippen LogP contribution in [-0.4, -0.2) is 18.5 Å². The molecule has 1 aliphatic heterocycles. The molecule has 1 aliphatic rings. The molecular weight excluding hydrogens is 286 g/mol. The van der Waals surface area contributed by atoms with Gasteiger partial charge in [-0.25, -0.2) is 4.79 Å². The number of amides is 1. The van der Waals surface area contributed by atoms with Crippen molar-refractivity contribution in [2.45, 2.75) is 6.92 Å². The largest absolute Gasteiger partial charge is 0.463 e. The Morgan fingerprint density at radius 3 is 3.00 bits per heavy atom. The van der Waals surface area contributed by atoms with E-state index in [1.54, 1.807) is 19.1 Å². The number of hydrogen-bond donors (Lipinski definition) is 1. The third-order valence-electron chi connectivity index (χ3n) is 2.31. The Bertz CT molecular complexity index is 522. The number of carbonyl (C=O) groups excluding carboxylic acids is 2. The molecule has 1 N–H and O–H groups in total. The number of esters is 1. The van der Waals surface area contributed by atoms with Crippen LogP contribution in [0, 0.1) is 0 Å². The number of anilines is 1. The van der Waals surface area contributed by atoms with Crippen LogP contribution in [0.15, 0.2) is 28.7 Å². The maximum atomic E-state index is 11.7. The highest BCUT2D eigenvalue weighted by Gasteiger charge is 2.25. The van der Waals surface area contributed by atoms with Crippen LogP contribution in [0.4, 0.5) is 5.69 Å². The van der Waals surface area contributed by atoms with E-state index in [1.165, 1.54) is 6.08 Å². The Morgan fingerprint density at radius 1 is 1.53 bits per heavy atom. The molecule has 0 fully saturated rings. The van der Waals surface area contributed by atoms with Crippen LogP contribution in [0.2, 0.25) is 0 Å². The van der Waals surface area contributed by atoms with Crippen LogP contribution in [0.1, 0.15) is 12.5 Å². The Balaban J connectivity index is 2.40. The van der Waals surface area contributed by atoms with E-state index in [1.807, 2.05) is 6.07 Å². The summed E-state index contributed by atoms with van der Waals surface area (Å²) in [6.45, 7) is 2.01. The molecule has 0 bridgehead atoms. The van der Waals surface area contributed by atoms with Crippen molar-refractivity contribution in [2.75, 3.05) is 11.9 Å². The Morgan fingerprint density at radius 2 is 2.29 bits per heavy atom. The first kappa shape index (κ1) is 11.9. The summed E-state index contributed by atoms with van der Waals surface area (Å²) in [4.78, 5) is 23.0. The van der Waals surface area contributed by atoms with Gasteiger partial charge in [0.05, 0.1) is 12.2 Å². The van der Waals surface area contributed by atoms with Crippen LogP contribution in [0.5, 0.6) is 0 Å². The van der Waals surface area contributed by atoms with Crippen LogP contribution >= 0.6 is 15.9 Å². The number of ether oxygens (including phenoxy) is 1. The molecule has 17 heavy (non-hydrogen) atoms. The smallest absolute Gasteiger partial charge is 0.331 e. The fraction of sp³-hybridized carbons (Fsp3) is 0.167. The van der Waals surface area contributed by atoms with Gasteiger partial charge in [0.2, 0.25) is 0 Å². The Hall–Kier alpha value is -1.62. The van der Waals surface area contributed by atoms with Gasteiger partial charge in [-0.05, 0) is 25.1 Å². The fourth-order valence-corrected chi connectivity index (χ4v) is 1.97. The number of nitrogens with one attached hydrogen (secondary N) is 1. The predicted molar refractivity (Wildman–Crippen MR) is 67.4 cm³/mol. The first-order chi connectivity index (χ1) is 8.11. The molecule has 2 rings (SSSR count). The number of carbonyl (C=O) groups is 2. The lowest BCUT2D eigenvalue weighted by Gasteiger charge is -1.99. The van der Waals surface area contributed by atoms with Gasteiger partial charge in [-0.3, -0.25) is 4.79 Å². The second-order valence-electron chi connectivity index (χ2n) is 3.45. The van der Waals surface area contributed by atoms with Crippen LogP contribution in [-0.2, 0) is 14.3 Å². The monoisotopic (exact) mass is 295 g/mol. The van der Waals surface area contributed by atoms with Crippen LogP contribution in [0.3, 0.4) is 0 Å². The van der Waals surface area contributed by atoms with E-state index in [9.17, 15) is 9.59 Å². The molecule has 88 valence electrons. The summed E-state index contributed by atoms with van der Waals surface area (Å²) in [7, 11) is 0. The first-order valence-electron chi connectivity index (χ1n) is 5.11. The molecule has 0 aromatic heterocycles. The molecule has 1 aromatic rings. The van der Waals surface area contributed by atoms with Crippen molar-refractivity contribution in [1.29, 1.82) is 0 Å². The average molecular weight is 296 g/mol. The highest BCUT2D eigenvalue weighted by molar-refractivity contribution is 9.10. The van der Waals surface area contributed by atoms with Gasteiger partial charge in [-0.1, -0.05) is 15.9 Å². The second kappa shape index (κ2) is 4.71. The quantitative estimate of drug-likeness (QED) is 0.673. The lowest BCUT2D eigenvalue weighted by atomic mass is 10.1. The van der Waals surface area contributed by atoms with Crippen molar-refractivity contribution in [3.8, 4) is 0 Å². The summed E-state index contributed by atoms with van der Waals surface area (Å²) in [6, 6.07) is 5.40. The lowest BCUT2D eigenvalue weighted by Crippen LogP contribution is -2.07. The van der Waals surface area contributed by atoms with Gasteiger partial charge in [0.15, 0.2) is 0 Å². The summed E-state index contributed by atoms with van der Waals surface area (Å²) in [6.07, 6.45) is 1.22. The molecule has 5 heteroatoms. The zero-order chi connectivity index (χ0) is 12.4. The molecule has 0 aliphatic carbocycles. The third kappa shape index (κ3) is 2.39. The number of benzene rings is 1. The minimum atomic E-state index is -0.509. The lowest BCUT2D eigenvalue weighted by molar-refractivity contribution is -0.137. The van der Waals surface area contributed by atoms with Crippen molar-refractivity contribution in [2.24, 2.45) is 0 Å². The van der Waals surface area contributed by atoms with E-state index in [0.717, 1.165) is 4.47 Å². The molecule has 0 atom stereocenters. The van der Waals surface area contributed by atoms with E-state index in [0.29, 0.717) is 16.8 Å². The van der Waals surface area contributed by atoms with Gasteiger partial charge in [-0.2, -0.15) is 0 Å². The van der Waals surface area contributed by atoms with Crippen molar-refractivity contribution in [3.05, 3.63) is 34.3 Å². The molecule has 4 nitrogen and oxygen atoms in total. The molecule has 0 spiro atoms. The Labute approximate surface area is 107 Å². The van der Waals surface area contributed by atoms with Gasteiger partial charge in [0.25, 0.3) is 5.91 Å². The summed E-state index contributed by atoms with van der Waals surface area (Å²) < 4.78 is 5.64. The van der Waals surface area contributed by atoms with Crippen molar-refractivity contribution >= 4 is 39.1 Å². The molecule has 0 unspecified atom stereocenters. The zero-order valence-corrected chi connectivity index (χ0v) is 10.7. The molecule has 1 aromatic carbocycles. The third-order valence-corrected chi connectivity index (χ3v) is 2.81. The van der Waals surface area contributed by atoms with Gasteiger partial charge in [0, 0.05) is 21.8 Å². The number of rotatable bonds is 2. The minimum absolute atomic E-state index is 0.286.